The first-order valence-electron chi connectivity index (χ1n) is 9.03. The van der Waals surface area contributed by atoms with Crippen molar-refractivity contribution in [1.82, 2.24) is 4.90 Å². The maximum absolute atomic E-state index is 13.2. The van der Waals surface area contributed by atoms with Crippen molar-refractivity contribution in [1.29, 1.82) is 0 Å². The molecule has 2 aromatic rings. The van der Waals surface area contributed by atoms with E-state index in [-0.39, 0.29) is 22.8 Å². The van der Waals surface area contributed by atoms with E-state index in [1.165, 1.54) is 5.56 Å². The summed E-state index contributed by atoms with van der Waals surface area (Å²) in [6.45, 7) is 7.60. The van der Waals surface area contributed by atoms with Crippen LogP contribution < -0.4 is 0 Å². The van der Waals surface area contributed by atoms with Crippen LogP contribution in [0.15, 0.2) is 48.5 Å². The summed E-state index contributed by atoms with van der Waals surface area (Å²) in [5, 5.41) is 10.4. The number of rotatable bonds is 1. The standard InChI is InChI=1S/C22H25NO2/c1-21(2)19-14-16-17(10-7-11-18(16)24)22(21,3)12-13-23(19)20(25)15-8-5-4-6-9-15/h4-11,19,24H,12-14H2,1-3H3. The fraction of sp³-hybridized carbons (Fsp3) is 0.409. The Hall–Kier alpha value is -2.29. The minimum atomic E-state index is -0.0590. The molecule has 2 bridgehead atoms. The Kier molecular flexibility index (Phi) is 3.47. The molecule has 1 saturated heterocycles. The predicted octanol–water partition coefficient (Wildman–Crippen LogP) is 4.15. The molecule has 130 valence electrons. The van der Waals surface area contributed by atoms with E-state index in [9.17, 15) is 9.90 Å². The molecule has 2 unspecified atom stereocenters. The van der Waals surface area contributed by atoms with Gasteiger partial charge in [-0.15, -0.1) is 0 Å². The molecule has 1 heterocycles. The number of piperidine rings is 1. The Morgan fingerprint density at radius 1 is 1.08 bits per heavy atom. The molecule has 1 amide bonds. The van der Waals surface area contributed by atoms with Gasteiger partial charge < -0.3 is 10.0 Å². The quantitative estimate of drug-likeness (QED) is 0.850. The minimum absolute atomic E-state index is 0.0442. The van der Waals surface area contributed by atoms with Crippen LogP contribution in [-0.4, -0.2) is 28.5 Å². The third-order valence-corrected chi connectivity index (χ3v) is 6.91. The van der Waals surface area contributed by atoms with Crippen LogP contribution in [0.5, 0.6) is 5.75 Å². The lowest BCUT2D eigenvalue weighted by Crippen LogP contribution is -2.64. The first-order valence-corrected chi connectivity index (χ1v) is 9.03. The molecule has 25 heavy (non-hydrogen) atoms. The van der Waals surface area contributed by atoms with Gasteiger partial charge in [-0.05, 0) is 47.6 Å². The highest BCUT2D eigenvalue weighted by Gasteiger charge is 2.57. The van der Waals surface area contributed by atoms with Crippen molar-refractivity contribution in [2.45, 2.75) is 45.1 Å². The minimum Gasteiger partial charge on any atom is -0.508 e. The van der Waals surface area contributed by atoms with Gasteiger partial charge in [-0.2, -0.15) is 0 Å². The average Bonchev–Trinajstić information content (AvgIpc) is 2.59. The zero-order valence-electron chi connectivity index (χ0n) is 15.1. The van der Waals surface area contributed by atoms with Crippen LogP contribution in [0.4, 0.5) is 0 Å². The summed E-state index contributed by atoms with van der Waals surface area (Å²) in [4.78, 5) is 15.2. The van der Waals surface area contributed by atoms with Crippen molar-refractivity contribution in [2.75, 3.05) is 6.54 Å². The number of carbonyl (C=O) groups is 1. The van der Waals surface area contributed by atoms with Gasteiger partial charge in [0.2, 0.25) is 0 Å². The second kappa shape index (κ2) is 5.35. The average molecular weight is 335 g/mol. The summed E-state index contributed by atoms with van der Waals surface area (Å²) in [7, 11) is 0. The van der Waals surface area contributed by atoms with Crippen molar-refractivity contribution in [3.63, 3.8) is 0 Å². The van der Waals surface area contributed by atoms with E-state index in [1.807, 2.05) is 41.3 Å². The van der Waals surface area contributed by atoms with Gasteiger partial charge in [0.05, 0.1) is 0 Å². The van der Waals surface area contributed by atoms with Gasteiger partial charge >= 0.3 is 0 Å². The maximum atomic E-state index is 13.2. The molecule has 4 rings (SSSR count). The summed E-state index contributed by atoms with van der Waals surface area (Å²) in [5.41, 5.74) is 2.90. The molecule has 2 aromatic carbocycles. The molecule has 1 fully saturated rings. The highest BCUT2D eigenvalue weighted by atomic mass is 16.3. The summed E-state index contributed by atoms with van der Waals surface area (Å²) < 4.78 is 0. The molecule has 1 aliphatic carbocycles. The number of phenolic OH excluding ortho intramolecular Hbond substituents is 1. The molecular formula is C22H25NO2. The Balaban J connectivity index is 1.81. The lowest BCUT2D eigenvalue weighted by atomic mass is 9.51. The van der Waals surface area contributed by atoms with Crippen molar-refractivity contribution >= 4 is 5.91 Å². The van der Waals surface area contributed by atoms with Gasteiger partial charge in [0, 0.05) is 23.6 Å². The van der Waals surface area contributed by atoms with Gasteiger partial charge in [0.25, 0.3) is 5.91 Å². The van der Waals surface area contributed by atoms with Crippen molar-refractivity contribution in [2.24, 2.45) is 5.41 Å². The van der Waals surface area contributed by atoms with E-state index >= 15 is 0 Å². The Labute approximate surface area is 149 Å². The number of hydrogen-bond donors (Lipinski definition) is 1. The first-order chi connectivity index (χ1) is 11.9. The zero-order chi connectivity index (χ0) is 17.8. The monoisotopic (exact) mass is 335 g/mol. The molecule has 3 nitrogen and oxygen atoms in total. The summed E-state index contributed by atoms with van der Waals surface area (Å²) >= 11 is 0. The van der Waals surface area contributed by atoms with E-state index in [4.69, 9.17) is 0 Å². The van der Waals surface area contributed by atoms with Crippen LogP contribution in [0.25, 0.3) is 0 Å². The maximum Gasteiger partial charge on any atom is 0.254 e. The number of nitrogens with zero attached hydrogens (tertiary/aromatic N) is 1. The highest BCUT2D eigenvalue weighted by molar-refractivity contribution is 5.94. The lowest BCUT2D eigenvalue weighted by Gasteiger charge is -2.60. The Morgan fingerprint density at radius 3 is 2.52 bits per heavy atom. The Morgan fingerprint density at radius 2 is 1.80 bits per heavy atom. The van der Waals surface area contributed by atoms with E-state index in [2.05, 4.69) is 26.8 Å². The van der Waals surface area contributed by atoms with Gasteiger partial charge in [0.15, 0.2) is 0 Å². The first kappa shape index (κ1) is 16.2. The number of hydrogen-bond acceptors (Lipinski definition) is 2. The van der Waals surface area contributed by atoms with E-state index < -0.39 is 0 Å². The van der Waals surface area contributed by atoms with Crippen LogP contribution in [0.1, 0.15) is 48.7 Å². The molecule has 2 aliphatic rings. The zero-order valence-corrected chi connectivity index (χ0v) is 15.1. The molecule has 0 radical (unpaired) electrons. The number of phenols is 1. The predicted molar refractivity (Wildman–Crippen MR) is 98.8 cm³/mol. The molecule has 0 spiro atoms. The van der Waals surface area contributed by atoms with E-state index in [0.717, 1.165) is 24.1 Å². The molecule has 1 N–H and O–H groups in total. The molecule has 1 aliphatic heterocycles. The van der Waals surface area contributed by atoms with Gasteiger partial charge in [-0.3, -0.25) is 4.79 Å². The van der Waals surface area contributed by atoms with Crippen LogP contribution in [0, 0.1) is 5.41 Å². The number of likely N-dealkylation sites (tertiary alicyclic amines) is 1. The molecule has 0 saturated carbocycles. The topological polar surface area (TPSA) is 40.5 Å². The second-order valence-corrected chi connectivity index (χ2v) is 8.19. The van der Waals surface area contributed by atoms with Crippen LogP contribution in [0.2, 0.25) is 0 Å². The molecule has 0 aromatic heterocycles. The largest absolute Gasteiger partial charge is 0.508 e. The summed E-state index contributed by atoms with van der Waals surface area (Å²) in [6.07, 6.45) is 1.62. The van der Waals surface area contributed by atoms with Crippen molar-refractivity contribution < 1.29 is 9.90 Å². The normalized spacial score (nSPS) is 26.8. The van der Waals surface area contributed by atoms with Gasteiger partial charge in [-0.25, -0.2) is 0 Å². The van der Waals surface area contributed by atoms with Gasteiger partial charge in [0.1, 0.15) is 5.75 Å². The fourth-order valence-electron chi connectivity index (χ4n) is 4.92. The molecular weight excluding hydrogens is 310 g/mol. The number of benzene rings is 2. The SMILES string of the molecule is CC12CCN(C(=O)c3ccccc3)C(Cc3c(O)cccc31)C2(C)C. The van der Waals surface area contributed by atoms with Crippen LogP contribution in [-0.2, 0) is 11.8 Å². The van der Waals surface area contributed by atoms with E-state index in [1.54, 1.807) is 6.07 Å². The second-order valence-electron chi connectivity index (χ2n) is 8.19. The van der Waals surface area contributed by atoms with E-state index in [0.29, 0.717) is 12.2 Å². The highest BCUT2D eigenvalue weighted by Crippen LogP contribution is 2.57. The smallest absolute Gasteiger partial charge is 0.254 e. The van der Waals surface area contributed by atoms with Gasteiger partial charge in [-0.1, -0.05) is 51.1 Å². The molecule has 3 heteroatoms. The van der Waals surface area contributed by atoms with Crippen LogP contribution in [0.3, 0.4) is 0 Å². The number of amides is 1. The van der Waals surface area contributed by atoms with Crippen molar-refractivity contribution in [3.8, 4) is 5.75 Å². The number of aromatic hydroxyl groups is 1. The third kappa shape index (κ3) is 2.14. The number of carbonyl (C=O) groups excluding carboxylic acids is 1. The lowest BCUT2D eigenvalue weighted by molar-refractivity contribution is -0.0266. The Bertz CT molecular complexity index is 827. The number of fused-ring (bicyclic) bond motifs is 4. The summed E-state index contributed by atoms with van der Waals surface area (Å²) in [6, 6.07) is 15.5. The summed E-state index contributed by atoms with van der Waals surface area (Å²) in [5.74, 6) is 0.456. The van der Waals surface area contributed by atoms with Crippen LogP contribution >= 0.6 is 0 Å². The van der Waals surface area contributed by atoms with Crippen molar-refractivity contribution in [3.05, 3.63) is 65.2 Å². The third-order valence-electron chi connectivity index (χ3n) is 6.91. The fourth-order valence-corrected chi connectivity index (χ4v) is 4.92. The molecule has 2 atom stereocenters.